The second kappa shape index (κ2) is 7.09. The number of primary amides is 2. The maximum atomic E-state index is 10.5. The first-order valence-corrected chi connectivity index (χ1v) is 4.33. The van der Waals surface area contributed by atoms with Crippen molar-refractivity contribution in [2.75, 3.05) is 13.1 Å². The first-order chi connectivity index (χ1) is 7.52. The van der Waals surface area contributed by atoms with Crippen molar-refractivity contribution in [3.05, 3.63) is 9.81 Å². The molecule has 4 amide bonds. The number of unbranched alkanes of at least 4 members (excludes halogenated alkanes) is 1. The highest BCUT2D eigenvalue weighted by molar-refractivity contribution is 5.71. The minimum absolute atomic E-state index is 0.00426. The van der Waals surface area contributed by atoms with E-state index in [-0.39, 0.29) is 13.1 Å². The molecule has 0 aromatic rings. The monoisotopic (exact) mass is 232 g/mol. The highest BCUT2D eigenvalue weighted by atomic mass is 16.3. The fourth-order valence-corrected chi connectivity index (χ4v) is 0.906. The van der Waals surface area contributed by atoms with Crippen LogP contribution >= 0.6 is 0 Å². The van der Waals surface area contributed by atoms with Gasteiger partial charge in [-0.3, -0.25) is 0 Å². The summed E-state index contributed by atoms with van der Waals surface area (Å²) in [5, 5.41) is 5.82. The Morgan fingerprint density at radius 3 is 1.38 bits per heavy atom. The Balaban J connectivity index is 3.82. The molecule has 10 heteroatoms. The lowest BCUT2D eigenvalue weighted by Crippen LogP contribution is -2.33. The molecule has 0 saturated heterocycles. The number of nitrogens with zero attached hydrogens (tertiary/aromatic N) is 4. The van der Waals surface area contributed by atoms with Gasteiger partial charge in [0, 0.05) is 13.1 Å². The lowest BCUT2D eigenvalue weighted by molar-refractivity contribution is 0.200. The maximum absolute atomic E-state index is 10.5. The van der Waals surface area contributed by atoms with Crippen LogP contribution in [0, 0.1) is 9.81 Å². The zero-order chi connectivity index (χ0) is 12.6. The van der Waals surface area contributed by atoms with Gasteiger partial charge in [0.25, 0.3) is 0 Å². The summed E-state index contributed by atoms with van der Waals surface area (Å²) in [5.74, 6) is 0. The molecule has 0 aromatic heterocycles. The average molecular weight is 232 g/mol. The molecule has 0 aliphatic heterocycles. The molecule has 0 aliphatic carbocycles. The number of carbonyl (C=O) groups is 2. The summed E-state index contributed by atoms with van der Waals surface area (Å²) in [4.78, 5) is 41.2. The SMILES string of the molecule is NC(=O)N(CCCCN(N=O)C(N)=O)N=O. The Morgan fingerprint density at radius 2 is 1.19 bits per heavy atom. The fourth-order valence-electron chi connectivity index (χ4n) is 0.906. The zero-order valence-corrected chi connectivity index (χ0v) is 8.40. The van der Waals surface area contributed by atoms with E-state index in [1.165, 1.54) is 0 Å². The van der Waals surface area contributed by atoms with Crippen LogP contribution in [0.2, 0.25) is 0 Å². The van der Waals surface area contributed by atoms with Gasteiger partial charge in [0.1, 0.15) is 0 Å². The number of hydrogen-bond donors (Lipinski definition) is 2. The summed E-state index contributed by atoms with van der Waals surface area (Å²) in [5.41, 5.74) is 9.61. The maximum Gasteiger partial charge on any atom is 0.337 e. The van der Waals surface area contributed by atoms with E-state index >= 15 is 0 Å². The molecular weight excluding hydrogens is 220 g/mol. The molecule has 0 heterocycles. The van der Waals surface area contributed by atoms with Gasteiger partial charge in [-0.05, 0) is 12.8 Å². The van der Waals surface area contributed by atoms with Crippen LogP contribution in [-0.4, -0.2) is 35.2 Å². The predicted molar refractivity (Wildman–Crippen MR) is 53.4 cm³/mol. The van der Waals surface area contributed by atoms with Crippen LogP contribution in [0.3, 0.4) is 0 Å². The largest absolute Gasteiger partial charge is 0.350 e. The average Bonchev–Trinajstić information content (AvgIpc) is 2.22. The third kappa shape index (κ3) is 4.83. The predicted octanol–water partition coefficient (Wildman–Crippen LogP) is -0.109. The van der Waals surface area contributed by atoms with Crippen molar-refractivity contribution in [1.82, 2.24) is 10.0 Å². The lowest BCUT2D eigenvalue weighted by atomic mass is 10.3. The van der Waals surface area contributed by atoms with Crippen molar-refractivity contribution in [3.8, 4) is 0 Å². The third-order valence-electron chi connectivity index (χ3n) is 1.70. The molecule has 0 radical (unpaired) electrons. The number of rotatable bonds is 7. The van der Waals surface area contributed by atoms with Gasteiger partial charge in [0.15, 0.2) is 0 Å². The van der Waals surface area contributed by atoms with Crippen LogP contribution in [0.1, 0.15) is 12.8 Å². The van der Waals surface area contributed by atoms with Crippen molar-refractivity contribution < 1.29 is 9.59 Å². The van der Waals surface area contributed by atoms with Gasteiger partial charge in [-0.1, -0.05) is 0 Å². The van der Waals surface area contributed by atoms with Crippen LogP contribution in [0.4, 0.5) is 9.59 Å². The first-order valence-electron chi connectivity index (χ1n) is 4.33. The smallest absolute Gasteiger partial charge is 0.337 e. The number of amides is 4. The molecule has 0 spiro atoms. The van der Waals surface area contributed by atoms with Crippen molar-refractivity contribution in [2.45, 2.75) is 12.8 Å². The molecule has 90 valence electrons. The number of urea groups is 2. The number of nitroso groups, excluding NO2 is 2. The van der Waals surface area contributed by atoms with Gasteiger partial charge in [-0.2, -0.15) is 10.0 Å². The van der Waals surface area contributed by atoms with E-state index in [1.807, 2.05) is 0 Å². The fraction of sp³-hybridized carbons (Fsp3) is 0.667. The minimum atomic E-state index is -0.963. The van der Waals surface area contributed by atoms with Crippen LogP contribution < -0.4 is 11.5 Å². The van der Waals surface area contributed by atoms with Gasteiger partial charge < -0.3 is 11.5 Å². The van der Waals surface area contributed by atoms with Gasteiger partial charge in [0.05, 0.1) is 10.6 Å². The van der Waals surface area contributed by atoms with Gasteiger partial charge in [-0.25, -0.2) is 9.59 Å². The van der Waals surface area contributed by atoms with Crippen LogP contribution in [0.15, 0.2) is 10.6 Å². The normalized spacial score (nSPS) is 9.25. The first kappa shape index (κ1) is 13.7. The number of carbonyl (C=O) groups excluding carboxylic acids is 2. The molecule has 0 bridgehead atoms. The minimum Gasteiger partial charge on any atom is -0.350 e. The lowest BCUT2D eigenvalue weighted by Gasteiger charge is -2.12. The second-order valence-electron chi connectivity index (χ2n) is 2.79. The molecule has 0 aliphatic rings. The van der Waals surface area contributed by atoms with E-state index < -0.39 is 12.1 Å². The van der Waals surface area contributed by atoms with Crippen molar-refractivity contribution in [3.63, 3.8) is 0 Å². The summed E-state index contributed by atoms with van der Waals surface area (Å²) >= 11 is 0. The van der Waals surface area contributed by atoms with Crippen molar-refractivity contribution in [1.29, 1.82) is 0 Å². The molecule has 0 unspecified atom stereocenters. The van der Waals surface area contributed by atoms with E-state index in [4.69, 9.17) is 11.5 Å². The van der Waals surface area contributed by atoms with E-state index in [0.29, 0.717) is 22.9 Å². The summed E-state index contributed by atoms with van der Waals surface area (Å²) in [6.07, 6.45) is 0.655. The molecule has 10 nitrogen and oxygen atoms in total. The Labute approximate surface area is 90.4 Å². The summed E-state index contributed by atoms with van der Waals surface area (Å²) < 4.78 is 0. The molecular formula is C6H12N6O4. The van der Waals surface area contributed by atoms with E-state index in [1.54, 1.807) is 0 Å². The highest BCUT2D eigenvalue weighted by Crippen LogP contribution is 1.99. The number of hydrogen-bond acceptors (Lipinski definition) is 6. The second-order valence-corrected chi connectivity index (χ2v) is 2.79. The highest BCUT2D eigenvalue weighted by Gasteiger charge is 2.11. The number of nitrogens with two attached hydrogens (primary N) is 2. The quantitative estimate of drug-likeness (QED) is 0.357. The molecule has 4 N–H and O–H groups in total. The summed E-state index contributed by atoms with van der Waals surface area (Å²) in [7, 11) is 0. The van der Waals surface area contributed by atoms with E-state index in [9.17, 15) is 19.4 Å². The van der Waals surface area contributed by atoms with E-state index in [2.05, 4.69) is 10.6 Å². The van der Waals surface area contributed by atoms with Crippen molar-refractivity contribution >= 4 is 12.1 Å². The van der Waals surface area contributed by atoms with Gasteiger partial charge >= 0.3 is 12.1 Å². The van der Waals surface area contributed by atoms with Crippen LogP contribution in [0.5, 0.6) is 0 Å². The molecule has 0 aromatic carbocycles. The molecule has 0 rings (SSSR count). The molecule has 16 heavy (non-hydrogen) atoms. The van der Waals surface area contributed by atoms with Gasteiger partial charge in [0.2, 0.25) is 0 Å². The van der Waals surface area contributed by atoms with Crippen LogP contribution in [0.25, 0.3) is 0 Å². The Bertz CT molecular complexity index is 254. The van der Waals surface area contributed by atoms with Crippen molar-refractivity contribution in [2.24, 2.45) is 22.0 Å². The molecule has 0 fully saturated rings. The van der Waals surface area contributed by atoms with E-state index in [0.717, 1.165) is 0 Å². The third-order valence-corrected chi connectivity index (χ3v) is 1.70. The summed E-state index contributed by atoms with van der Waals surface area (Å²) in [6.45, 7) is 0.00852. The molecule has 0 atom stereocenters. The topological polar surface area (TPSA) is 152 Å². The van der Waals surface area contributed by atoms with Crippen LogP contribution in [-0.2, 0) is 0 Å². The Morgan fingerprint density at radius 1 is 0.875 bits per heavy atom. The Kier molecular flexibility index (Phi) is 6.09. The zero-order valence-electron chi connectivity index (χ0n) is 8.40. The standard InChI is InChI=1S/C6H12N6O4/c7-5(13)11(9-15)3-1-2-4-12(10-16)6(8)14/h1-4H2,(H2,7,13)(H2,8,14). The summed E-state index contributed by atoms with van der Waals surface area (Å²) in [6, 6.07) is -1.93. The molecule has 0 saturated carbocycles. The Hall–Kier alpha value is -2.26. The van der Waals surface area contributed by atoms with Gasteiger partial charge in [-0.15, -0.1) is 9.81 Å².